The number of carbonyl (C=O) groups is 1. The van der Waals surface area contributed by atoms with Crippen LogP contribution in [0.1, 0.15) is 29.6 Å². The molecule has 1 aromatic heterocycles. The zero-order chi connectivity index (χ0) is 14.5. The molecule has 1 aliphatic heterocycles. The first-order valence-corrected chi connectivity index (χ1v) is 7.32. The van der Waals surface area contributed by atoms with Crippen molar-refractivity contribution in [3.05, 3.63) is 54.4 Å². The van der Waals surface area contributed by atoms with Crippen molar-refractivity contribution >= 4 is 5.91 Å². The molecular weight excluding hydrogens is 262 g/mol. The number of nitrogens with one attached hydrogen (secondary N) is 1. The molecule has 0 spiro atoms. The molecule has 0 aliphatic carbocycles. The number of hydrazine groups is 1. The van der Waals surface area contributed by atoms with E-state index in [1.54, 1.807) is 6.20 Å². The van der Waals surface area contributed by atoms with Crippen LogP contribution in [0, 0.1) is 6.20 Å². The maximum absolute atomic E-state index is 12.5. The third kappa shape index (κ3) is 3.28. The molecule has 1 N–H and O–H groups in total. The van der Waals surface area contributed by atoms with Crippen LogP contribution >= 0.6 is 0 Å². The molecule has 0 bridgehead atoms. The van der Waals surface area contributed by atoms with Crippen molar-refractivity contribution < 1.29 is 4.79 Å². The quantitative estimate of drug-likeness (QED) is 0.940. The van der Waals surface area contributed by atoms with Crippen molar-refractivity contribution in [1.82, 2.24) is 15.4 Å². The lowest BCUT2D eigenvalue weighted by Gasteiger charge is -2.27. The molecule has 2 aromatic rings. The normalized spacial score (nSPS) is 15.6. The summed E-state index contributed by atoms with van der Waals surface area (Å²) in [5.41, 5.74) is 5.36. The molecular formula is C17H18N3O. The summed E-state index contributed by atoms with van der Waals surface area (Å²) in [7, 11) is 0. The van der Waals surface area contributed by atoms with E-state index in [0.29, 0.717) is 5.56 Å². The van der Waals surface area contributed by atoms with Crippen LogP contribution < -0.4 is 5.43 Å². The van der Waals surface area contributed by atoms with Crippen LogP contribution in [0.2, 0.25) is 0 Å². The van der Waals surface area contributed by atoms with Gasteiger partial charge in [0.05, 0.1) is 6.20 Å². The molecule has 0 saturated carbocycles. The topological polar surface area (TPSA) is 45.2 Å². The summed E-state index contributed by atoms with van der Waals surface area (Å²) >= 11 is 0. The number of rotatable bonds is 3. The molecule has 107 valence electrons. The molecule has 2 heterocycles. The van der Waals surface area contributed by atoms with Crippen molar-refractivity contribution in [2.45, 2.75) is 19.3 Å². The van der Waals surface area contributed by atoms with Crippen LogP contribution in [0.15, 0.2) is 42.6 Å². The number of pyridine rings is 1. The van der Waals surface area contributed by atoms with Gasteiger partial charge in [-0.05, 0) is 30.5 Å². The molecule has 1 radical (unpaired) electrons. The van der Waals surface area contributed by atoms with Crippen molar-refractivity contribution in [1.29, 1.82) is 0 Å². The molecule has 1 fully saturated rings. The van der Waals surface area contributed by atoms with Gasteiger partial charge in [0.1, 0.15) is 0 Å². The molecule has 21 heavy (non-hydrogen) atoms. The fourth-order valence-corrected chi connectivity index (χ4v) is 2.60. The molecule has 4 heteroatoms. The second kappa shape index (κ2) is 6.50. The number of hydrogen-bond acceptors (Lipinski definition) is 3. The van der Waals surface area contributed by atoms with E-state index in [0.717, 1.165) is 37.1 Å². The molecule has 1 amide bonds. The van der Waals surface area contributed by atoms with Gasteiger partial charge in [0, 0.05) is 30.4 Å². The van der Waals surface area contributed by atoms with Gasteiger partial charge in [0.15, 0.2) is 0 Å². The van der Waals surface area contributed by atoms with Gasteiger partial charge in [-0.1, -0.05) is 30.7 Å². The average Bonchev–Trinajstić information content (AvgIpc) is 2.56. The van der Waals surface area contributed by atoms with Crippen LogP contribution in [0.3, 0.4) is 0 Å². The fourth-order valence-electron chi connectivity index (χ4n) is 2.60. The minimum atomic E-state index is -0.0650. The number of carbonyl (C=O) groups excluding carboxylic acids is 1. The zero-order valence-electron chi connectivity index (χ0n) is 11.9. The lowest BCUT2D eigenvalue weighted by molar-refractivity contribution is 0.0751. The standard InChI is InChI=1S/C17H18N3O/c21-17(19-20-11-4-1-5-12-20)16-9-3-2-8-15(16)14-7-6-10-18-13-14/h2-3,6-10H,1,4-5,11-12H2,(H,19,21). The average molecular weight is 280 g/mol. The van der Waals surface area contributed by atoms with Gasteiger partial charge < -0.3 is 0 Å². The van der Waals surface area contributed by atoms with E-state index in [2.05, 4.69) is 16.6 Å². The van der Waals surface area contributed by atoms with Gasteiger partial charge in [-0.2, -0.15) is 0 Å². The maximum Gasteiger partial charge on any atom is 0.266 e. The second-order valence-electron chi connectivity index (χ2n) is 5.20. The Morgan fingerprint density at radius 1 is 1.10 bits per heavy atom. The van der Waals surface area contributed by atoms with Crippen LogP contribution in [0.4, 0.5) is 0 Å². The fraction of sp³-hybridized carbons (Fsp3) is 0.294. The summed E-state index contributed by atoms with van der Waals surface area (Å²) < 4.78 is 0. The number of benzene rings is 1. The second-order valence-corrected chi connectivity index (χ2v) is 5.20. The first-order valence-electron chi connectivity index (χ1n) is 7.32. The van der Waals surface area contributed by atoms with E-state index < -0.39 is 0 Å². The van der Waals surface area contributed by atoms with Crippen molar-refractivity contribution in [3.8, 4) is 11.1 Å². The minimum absolute atomic E-state index is 0.0650. The van der Waals surface area contributed by atoms with E-state index >= 15 is 0 Å². The monoisotopic (exact) mass is 280 g/mol. The van der Waals surface area contributed by atoms with Gasteiger partial charge in [-0.3, -0.25) is 15.2 Å². The van der Waals surface area contributed by atoms with E-state index in [1.165, 1.54) is 6.42 Å². The van der Waals surface area contributed by atoms with Gasteiger partial charge in [-0.15, -0.1) is 0 Å². The highest BCUT2D eigenvalue weighted by Crippen LogP contribution is 2.22. The number of piperidine rings is 1. The number of amides is 1. The van der Waals surface area contributed by atoms with E-state index in [9.17, 15) is 4.79 Å². The lowest BCUT2D eigenvalue weighted by Crippen LogP contribution is -2.45. The Morgan fingerprint density at radius 3 is 2.67 bits per heavy atom. The number of hydrogen-bond donors (Lipinski definition) is 1. The summed E-state index contributed by atoms with van der Waals surface area (Å²) in [6.07, 6.45) is 8.14. The zero-order valence-corrected chi connectivity index (χ0v) is 11.9. The molecule has 3 rings (SSSR count). The largest absolute Gasteiger partial charge is 0.285 e. The van der Waals surface area contributed by atoms with Crippen LogP contribution in [-0.2, 0) is 0 Å². The van der Waals surface area contributed by atoms with E-state index in [-0.39, 0.29) is 5.91 Å². The van der Waals surface area contributed by atoms with Crippen molar-refractivity contribution in [2.75, 3.05) is 13.1 Å². The maximum atomic E-state index is 12.5. The third-order valence-electron chi connectivity index (χ3n) is 3.69. The lowest BCUT2D eigenvalue weighted by atomic mass is 10.0. The van der Waals surface area contributed by atoms with Gasteiger partial charge in [0.25, 0.3) is 5.91 Å². The predicted octanol–water partition coefficient (Wildman–Crippen LogP) is 2.68. The number of aromatic nitrogens is 1. The van der Waals surface area contributed by atoms with E-state index in [4.69, 9.17) is 0 Å². The molecule has 1 aromatic carbocycles. The summed E-state index contributed by atoms with van der Waals surface area (Å²) in [5.74, 6) is -0.0650. The molecule has 1 aliphatic rings. The van der Waals surface area contributed by atoms with Crippen LogP contribution in [0.25, 0.3) is 11.1 Å². The first-order chi connectivity index (χ1) is 10.3. The van der Waals surface area contributed by atoms with Crippen LogP contribution in [-0.4, -0.2) is 29.0 Å². The van der Waals surface area contributed by atoms with Gasteiger partial charge >= 0.3 is 0 Å². The number of nitrogens with zero attached hydrogens (tertiary/aromatic N) is 2. The molecule has 0 unspecified atom stereocenters. The smallest absolute Gasteiger partial charge is 0.266 e. The predicted molar refractivity (Wildman–Crippen MR) is 81.4 cm³/mol. The Kier molecular flexibility index (Phi) is 4.26. The van der Waals surface area contributed by atoms with Crippen molar-refractivity contribution in [3.63, 3.8) is 0 Å². The summed E-state index contributed by atoms with van der Waals surface area (Å²) in [6.45, 7) is 1.85. The Bertz CT molecular complexity index is 606. The first kappa shape index (κ1) is 13.8. The molecule has 4 nitrogen and oxygen atoms in total. The highest BCUT2D eigenvalue weighted by Gasteiger charge is 2.17. The summed E-state index contributed by atoms with van der Waals surface area (Å²) in [6, 6.07) is 11.3. The Hall–Kier alpha value is -2.20. The molecule has 0 atom stereocenters. The highest BCUT2D eigenvalue weighted by atomic mass is 16.2. The Balaban J connectivity index is 1.83. The van der Waals surface area contributed by atoms with Gasteiger partial charge in [0.2, 0.25) is 0 Å². The Morgan fingerprint density at radius 2 is 1.90 bits per heavy atom. The Labute approximate surface area is 124 Å². The van der Waals surface area contributed by atoms with Crippen molar-refractivity contribution in [2.24, 2.45) is 0 Å². The summed E-state index contributed by atoms with van der Waals surface area (Å²) in [4.78, 5) is 16.5. The third-order valence-corrected chi connectivity index (χ3v) is 3.69. The van der Waals surface area contributed by atoms with Gasteiger partial charge in [-0.25, -0.2) is 5.01 Å². The molecule has 1 saturated heterocycles. The van der Waals surface area contributed by atoms with Crippen LogP contribution in [0.5, 0.6) is 0 Å². The SMILES string of the molecule is O=C(NN1CCCCC1)c1ccccc1-c1[c]nccc1. The highest BCUT2D eigenvalue weighted by molar-refractivity contribution is 6.00. The van der Waals surface area contributed by atoms with E-state index in [1.807, 2.05) is 41.4 Å². The summed E-state index contributed by atoms with van der Waals surface area (Å²) in [5, 5.41) is 2.01. The minimum Gasteiger partial charge on any atom is -0.285 e.